The van der Waals surface area contributed by atoms with Gasteiger partial charge in [-0.15, -0.1) is 0 Å². The van der Waals surface area contributed by atoms with E-state index in [-0.39, 0.29) is 6.61 Å². The number of aryl methyl sites for hydroxylation is 1. The predicted octanol–water partition coefficient (Wildman–Crippen LogP) is 6.38. The predicted molar refractivity (Wildman–Crippen MR) is 173 cm³/mol. The number of hydrogen-bond acceptors (Lipinski definition) is 9. The molecule has 0 aliphatic carbocycles. The van der Waals surface area contributed by atoms with Crippen LogP contribution < -0.4 is 15.1 Å². The first kappa shape index (κ1) is 28.0. The van der Waals surface area contributed by atoms with Crippen LogP contribution in [0, 0.1) is 6.92 Å². The van der Waals surface area contributed by atoms with Gasteiger partial charge in [-0.3, -0.25) is 15.0 Å². The van der Waals surface area contributed by atoms with Crippen LogP contribution in [0.3, 0.4) is 0 Å². The number of aliphatic hydroxyl groups excluding tert-OH is 1. The minimum Gasteiger partial charge on any atom is -0.395 e. The Kier molecular flexibility index (Phi) is 8.10. The summed E-state index contributed by atoms with van der Waals surface area (Å²) in [6, 6.07) is 18.2. The summed E-state index contributed by atoms with van der Waals surface area (Å²) in [7, 11) is 2.01. The summed E-state index contributed by atoms with van der Waals surface area (Å²) < 4.78 is 0. The van der Waals surface area contributed by atoms with Gasteiger partial charge >= 0.3 is 0 Å². The lowest BCUT2D eigenvalue weighted by Crippen LogP contribution is -2.27. The van der Waals surface area contributed by atoms with Crippen molar-refractivity contribution in [1.82, 2.24) is 29.9 Å². The third-order valence-corrected chi connectivity index (χ3v) is 7.50. The molecule has 6 aromatic rings. The molecule has 218 valence electrons. The molecule has 0 unspecified atom stereocenters. The summed E-state index contributed by atoms with van der Waals surface area (Å²) in [5.74, 6) is 0.656. The Labute approximate surface area is 250 Å². The molecule has 10 nitrogen and oxygen atoms in total. The van der Waals surface area contributed by atoms with E-state index in [0.29, 0.717) is 18.0 Å². The number of fused-ring (bicyclic) bond motifs is 2. The zero-order valence-corrected chi connectivity index (χ0v) is 24.6. The second kappa shape index (κ2) is 12.4. The highest BCUT2D eigenvalue weighted by atomic mass is 16.3. The molecular weight excluding hydrogens is 538 g/mol. The van der Waals surface area contributed by atoms with E-state index in [2.05, 4.69) is 64.1 Å². The topological polar surface area (TPSA) is 119 Å². The molecule has 0 saturated heterocycles. The summed E-state index contributed by atoms with van der Waals surface area (Å²) in [6.07, 6.45) is 9.40. The maximum atomic E-state index is 9.60. The molecule has 0 saturated carbocycles. The van der Waals surface area contributed by atoms with Crippen molar-refractivity contribution in [2.24, 2.45) is 0 Å². The Hall–Kier alpha value is -5.09. The zero-order valence-electron chi connectivity index (χ0n) is 24.6. The molecule has 0 aliphatic rings. The Morgan fingerprint density at radius 3 is 2.53 bits per heavy atom. The lowest BCUT2D eigenvalue weighted by Gasteiger charge is -2.24. The molecule has 0 amide bonds. The molecule has 0 radical (unpaired) electrons. The van der Waals surface area contributed by atoms with Crippen LogP contribution in [0.25, 0.3) is 33.6 Å². The lowest BCUT2D eigenvalue weighted by atomic mass is 10.1. The molecular formula is C33H35N9O. The summed E-state index contributed by atoms with van der Waals surface area (Å²) in [6.45, 7) is 5.76. The molecule has 5 heterocycles. The van der Waals surface area contributed by atoms with Crippen molar-refractivity contribution >= 4 is 50.5 Å². The third kappa shape index (κ3) is 6.09. The molecule has 0 fully saturated rings. The average Bonchev–Trinajstić information content (AvgIpc) is 3.47. The van der Waals surface area contributed by atoms with Crippen molar-refractivity contribution in [3.8, 4) is 11.5 Å². The zero-order chi connectivity index (χ0) is 29.8. The number of aliphatic hydroxyl groups is 1. The van der Waals surface area contributed by atoms with Gasteiger partial charge in [-0.25, -0.2) is 9.97 Å². The maximum Gasteiger partial charge on any atom is 0.178 e. The van der Waals surface area contributed by atoms with Crippen LogP contribution >= 0.6 is 0 Å². The van der Waals surface area contributed by atoms with Gasteiger partial charge in [-0.2, -0.15) is 0 Å². The molecule has 10 heteroatoms. The lowest BCUT2D eigenvalue weighted by molar-refractivity contribution is 0.301. The number of pyridine rings is 4. The summed E-state index contributed by atoms with van der Waals surface area (Å²) in [5, 5.41) is 14.1. The van der Waals surface area contributed by atoms with Gasteiger partial charge in [-0.1, -0.05) is 13.3 Å². The first-order valence-electron chi connectivity index (χ1n) is 14.5. The number of benzene rings is 1. The van der Waals surface area contributed by atoms with E-state index >= 15 is 0 Å². The van der Waals surface area contributed by atoms with E-state index in [1.807, 2.05) is 62.6 Å². The van der Waals surface area contributed by atoms with Crippen molar-refractivity contribution < 1.29 is 5.11 Å². The van der Waals surface area contributed by atoms with Crippen LogP contribution in [0.5, 0.6) is 0 Å². The minimum atomic E-state index is 0.114. The Morgan fingerprint density at radius 1 is 0.860 bits per heavy atom. The van der Waals surface area contributed by atoms with Crippen molar-refractivity contribution in [3.05, 3.63) is 85.1 Å². The molecule has 0 atom stereocenters. The average molecular weight is 574 g/mol. The highest BCUT2D eigenvalue weighted by molar-refractivity contribution is 5.95. The maximum absolute atomic E-state index is 9.60. The standard InChI is InChI=1S/C33H35N9O/c1-4-5-14-42(15-16-43)25-7-9-28-27(18-25)29(11-13-35-28)38-23-6-8-30(36-20-23)33-39-31-19-26(21-37-32(31)40-33)41(3)24-10-12-34-22(2)17-24/h6-13,17-21,43H,4-5,14-16H2,1-3H3,(H,35,38)(H,37,39,40). The number of aromatic amines is 1. The fourth-order valence-corrected chi connectivity index (χ4v) is 5.13. The third-order valence-electron chi connectivity index (χ3n) is 7.50. The number of aromatic nitrogens is 6. The van der Waals surface area contributed by atoms with Gasteiger partial charge in [0.15, 0.2) is 11.5 Å². The van der Waals surface area contributed by atoms with Crippen molar-refractivity contribution in [3.63, 3.8) is 0 Å². The van der Waals surface area contributed by atoms with Gasteiger partial charge in [-0.05, 0) is 67.9 Å². The largest absolute Gasteiger partial charge is 0.395 e. The van der Waals surface area contributed by atoms with Crippen molar-refractivity contribution in [2.75, 3.05) is 41.9 Å². The quantitative estimate of drug-likeness (QED) is 0.162. The number of nitrogens with zero attached hydrogens (tertiary/aromatic N) is 7. The van der Waals surface area contributed by atoms with Gasteiger partial charge in [0, 0.05) is 60.7 Å². The van der Waals surface area contributed by atoms with Gasteiger partial charge in [0.05, 0.1) is 41.4 Å². The van der Waals surface area contributed by atoms with Gasteiger partial charge in [0.25, 0.3) is 0 Å². The van der Waals surface area contributed by atoms with E-state index in [4.69, 9.17) is 0 Å². The summed E-state index contributed by atoms with van der Waals surface area (Å²) >= 11 is 0. The molecule has 1 aromatic carbocycles. The number of H-pyrrole nitrogens is 1. The normalized spacial score (nSPS) is 11.3. The fraction of sp³-hybridized carbons (Fsp3) is 0.242. The van der Waals surface area contributed by atoms with E-state index < -0.39 is 0 Å². The monoisotopic (exact) mass is 573 g/mol. The van der Waals surface area contributed by atoms with Crippen LogP contribution in [-0.2, 0) is 0 Å². The van der Waals surface area contributed by atoms with Crippen molar-refractivity contribution in [2.45, 2.75) is 26.7 Å². The molecule has 43 heavy (non-hydrogen) atoms. The number of nitrogens with one attached hydrogen (secondary N) is 2. The smallest absolute Gasteiger partial charge is 0.178 e. The highest BCUT2D eigenvalue weighted by Gasteiger charge is 2.13. The van der Waals surface area contributed by atoms with Crippen LogP contribution in [0.4, 0.5) is 28.4 Å². The summed E-state index contributed by atoms with van der Waals surface area (Å²) in [5.41, 5.74) is 8.90. The number of hydrogen-bond donors (Lipinski definition) is 3. The van der Waals surface area contributed by atoms with Crippen LogP contribution in [0.1, 0.15) is 25.5 Å². The minimum absolute atomic E-state index is 0.114. The second-order valence-electron chi connectivity index (χ2n) is 10.5. The number of rotatable bonds is 11. The van der Waals surface area contributed by atoms with Gasteiger partial charge < -0.3 is 25.2 Å². The Bertz CT molecular complexity index is 1850. The van der Waals surface area contributed by atoms with Gasteiger partial charge in [0.1, 0.15) is 5.69 Å². The molecule has 6 rings (SSSR count). The SMILES string of the molecule is CCCCN(CCO)c1ccc2nccc(Nc3ccc(-c4nc5ncc(N(C)c6ccnc(C)c6)cc5[nH]4)nc3)c2c1. The molecule has 3 N–H and O–H groups in total. The highest BCUT2D eigenvalue weighted by Crippen LogP contribution is 2.30. The number of unbranched alkanes of at least 4 members (excludes halogenated alkanes) is 1. The Morgan fingerprint density at radius 2 is 1.74 bits per heavy atom. The Balaban J connectivity index is 1.22. The molecule has 0 bridgehead atoms. The summed E-state index contributed by atoms with van der Waals surface area (Å²) in [4.78, 5) is 30.5. The molecule has 0 aliphatic heterocycles. The van der Waals surface area contributed by atoms with E-state index in [1.54, 1.807) is 18.6 Å². The van der Waals surface area contributed by atoms with E-state index in [0.717, 1.165) is 75.6 Å². The van der Waals surface area contributed by atoms with E-state index in [1.165, 1.54) is 0 Å². The van der Waals surface area contributed by atoms with Crippen LogP contribution in [0.2, 0.25) is 0 Å². The van der Waals surface area contributed by atoms with E-state index in [9.17, 15) is 5.11 Å². The molecule has 5 aromatic heterocycles. The number of anilines is 5. The molecule has 0 spiro atoms. The second-order valence-corrected chi connectivity index (χ2v) is 10.5. The van der Waals surface area contributed by atoms with Crippen LogP contribution in [-0.4, -0.2) is 61.8 Å². The number of imidazole rings is 1. The van der Waals surface area contributed by atoms with Crippen LogP contribution in [0.15, 0.2) is 79.4 Å². The van der Waals surface area contributed by atoms with Crippen molar-refractivity contribution in [1.29, 1.82) is 0 Å². The first-order chi connectivity index (χ1) is 21.0. The first-order valence-corrected chi connectivity index (χ1v) is 14.5. The fourth-order valence-electron chi connectivity index (χ4n) is 5.13. The van der Waals surface area contributed by atoms with Gasteiger partial charge in [0.2, 0.25) is 0 Å².